The summed E-state index contributed by atoms with van der Waals surface area (Å²) in [6.07, 6.45) is 0. The summed E-state index contributed by atoms with van der Waals surface area (Å²) in [5, 5.41) is 93.1. The van der Waals surface area contributed by atoms with Gasteiger partial charge in [0.2, 0.25) is 0 Å². The van der Waals surface area contributed by atoms with Crippen molar-refractivity contribution in [3.8, 4) is 0 Å². The normalized spacial score (nSPS) is 17.8. The summed E-state index contributed by atoms with van der Waals surface area (Å²) in [7, 11) is 0. The van der Waals surface area contributed by atoms with Crippen LogP contribution in [0.25, 0.3) is 324 Å². The number of fused-ring (bicyclic) bond motifs is 5. The largest absolute Gasteiger partial charge is 0.455 e. The van der Waals surface area contributed by atoms with Crippen molar-refractivity contribution in [2.75, 3.05) is 0 Å². The Bertz CT molecular complexity index is 6000. The minimum atomic E-state index is 1.21. The SMILES string of the molecule is o1c2c3c4c5c1c1c6c7c2c2c8c3c3c9c4c4c%10c5c5c1c1c6c6c%11c7c2c2c7c8c3c3c8c9c4c4c9c%10c5c5c1c1c6c6c%11c2c2c7c3c3c8c4c4c9c5c1c1c6c2c3c41. The molecule has 0 bridgehead atoms. The molecular formula is C60O. The highest BCUT2D eigenvalue weighted by Crippen LogP contribution is 2.79. The van der Waals surface area contributed by atoms with Gasteiger partial charge in [0.25, 0.3) is 0 Å². The minimum Gasteiger partial charge on any atom is -0.455 e. The third-order valence-electron chi connectivity index (χ3n) is 22.4. The number of hydrogen-bond acceptors (Lipinski definition) is 1. The van der Waals surface area contributed by atoms with Gasteiger partial charge in [-0.1, -0.05) is 0 Å². The highest BCUT2D eigenvalue weighted by atomic mass is 16.3. The predicted molar refractivity (Wildman–Crippen MR) is 262 cm³/mol. The van der Waals surface area contributed by atoms with Gasteiger partial charge in [0, 0.05) is 312 Å². The van der Waals surface area contributed by atoms with Gasteiger partial charge < -0.3 is 4.42 Å². The molecule has 0 atom stereocenters. The van der Waals surface area contributed by atoms with Crippen molar-refractivity contribution in [2.24, 2.45) is 0 Å². The van der Waals surface area contributed by atoms with E-state index >= 15 is 0 Å². The standard InChI is InChI=1S/C60O/c61-59-55-48-41-29-21-12-3-1-2-4-7(3)16-23(21)31-32-24(16)22-13(4)15-11-6(2)9-8-5(1)10-14(12)27(29)35-33-19(10)17(8)25-26-18(9)20(11)34-36-28(15)30(22)42-44(32)53(52(55)43(31)41)56-49(42)47(36)51-40(34)38(26)45-37(25)39(33)50(46(35)48)57(59)54(45)58(51)60(56)61. The van der Waals surface area contributed by atoms with Crippen LogP contribution in [0.5, 0.6) is 0 Å². The summed E-state index contributed by atoms with van der Waals surface area (Å²) in [5.74, 6) is 0. The summed E-state index contributed by atoms with van der Waals surface area (Å²) in [5.41, 5.74) is 2.42. The van der Waals surface area contributed by atoms with Crippen LogP contribution >= 0.6 is 0 Å². The van der Waals surface area contributed by atoms with Crippen LogP contribution in [0.2, 0.25) is 0 Å². The second-order valence-electron chi connectivity index (χ2n) is 22.5. The first-order chi connectivity index (χ1) is 30.5. The molecule has 1 nitrogen and oxygen atoms in total. The Labute approximate surface area is 326 Å². The molecule has 0 amide bonds. The van der Waals surface area contributed by atoms with E-state index in [2.05, 4.69) is 0 Å². The first-order valence-corrected chi connectivity index (χ1v) is 22.7. The zero-order chi connectivity index (χ0) is 35.3. The van der Waals surface area contributed by atoms with Gasteiger partial charge in [-0.05, 0) is 0 Å². The van der Waals surface area contributed by atoms with E-state index < -0.39 is 0 Å². The molecule has 0 aliphatic rings. The van der Waals surface area contributed by atoms with Gasteiger partial charge in [0.15, 0.2) is 0 Å². The summed E-state index contributed by atoms with van der Waals surface area (Å²) in [6, 6.07) is 0. The lowest BCUT2D eigenvalue weighted by Gasteiger charge is -2.19. The van der Waals surface area contributed by atoms with E-state index in [0.29, 0.717) is 0 Å². The van der Waals surface area contributed by atoms with E-state index in [9.17, 15) is 0 Å². The number of benzene rings is 19. The van der Waals surface area contributed by atoms with Crippen molar-refractivity contribution >= 4 is 324 Å². The molecule has 1 aromatic heterocycles. The monoisotopic (exact) mass is 736 g/mol. The highest BCUT2D eigenvalue weighted by Gasteiger charge is 2.50. The lowest BCUT2D eigenvalue weighted by atomic mass is 9.85. The third kappa shape index (κ3) is 1.05. The summed E-state index contributed by atoms with van der Waals surface area (Å²) >= 11 is 0. The predicted octanol–water partition coefficient (Wildman–Crippen LogP) is 17.9. The Morgan fingerprint density at radius 3 is 0.246 bits per heavy atom. The van der Waals surface area contributed by atoms with Crippen molar-refractivity contribution in [1.82, 2.24) is 0 Å². The fourth-order valence-corrected chi connectivity index (χ4v) is 22.2. The van der Waals surface area contributed by atoms with Gasteiger partial charge in [-0.2, -0.15) is 0 Å². The molecule has 30 aromatic carbocycles. The molecule has 0 unspecified atom stereocenters. The third-order valence-corrected chi connectivity index (χ3v) is 22.4. The number of hydrogen-bond donors (Lipinski definition) is 0. The van der Waals surface area contributed by atoms with Gasteiger partial charge in [-0.3, -0.25) is 0 Å². The van der Waals surface area contributed by atoms with Crippen LogP contribution in [-0.2, 0) is 0 Å². The molecule has 31 rings (SSSR count). The fraction of sp³-hybridized carbons (Fsp3) is 0. The van der Waals surface area contributed by atoms with Gasteiger partial charge in [-0.25, -0.2) is 0 Å². The molecular weight excluding hydrogens is 737 g/mol. The molecule has 0 aliphatic heterocycles. The van der Waals surface area contributed by atoms with Gasteiger partial charge in [0.1, 0.15) is 11.2 Å². The molecule has 0 saturated heterocycles. The van der Waals surface area contributed by atoms with Crippen LogP contribution in [0.15, 0.2) is 4.42 Å². The van der Waals surface area contributed by atoms with E-state index in [4.69, 9.17) is 4.42 Å². The molecule has 0 fully saturated rings. The molecule has 246 valence electrons. The zero-order valence-electron chi connectivity index (χ0n) is 30.4. The van der Waals surface area contributed by atoms with Crippen LogP contribution in [0.1, 0.15) is 0 Å². The Balaban J connectivity index is 1.36. The maximum atomic E-state index is 8.03. The molecule has 1 heteroatoms. The van der Waals surface area contributed by atoms with E-state index in [-0.39, 0.29) is 0 Å². The molecule has 61 heavy (non-hydrogen) atoms. The van der Waals surface area contributed by atoms with Crippen LogP contribution < -0.4 is 0 Å². The van der Waals surface area contributed by atoms with Crippen LogP contribution in [0, 0.1) is 0 Å². The smallest absolute Gasteiger partial charge is 0.144 e. The van der Waals surface area contributed by atoms with E-state index in [1.165, 1.54) is 32.7 Å². The van der Waals surface area contributed by atoms with Crippen molar-refractivity contribution in [2.45, 2.75) is 0 Å². The summed E-state index contributed by atoms with van der Waals surface area (Å²) in [4.78, 5) is 0. The molecule has 1 heterocycles. The van der Waals surface area contributed by atoms with Crippen LogP contribution in [0.4, 0.5) is 0 Å². The van der Waals surface area contributed by atoms with Gasteiger partial charge in [-0.15, -0.1) is 0 Å². The zero-order valence-corrected chi connectivity index (χ0v) is 30.4. The van der Waals surface area contributed by atoms with Crippen molar-refractivity contribution in [1.29, 1.82) is 0 Å². The lowest BCUT2D eigenvalue weighted by Crippen LogP contribution is -1.90. The Hall–Kier alpha value is -8.00. The maximum absolute atomic E-state index is 8.03. The summed E-state index contributed by atoms with van der Waals surface area (Å²) in [6.45, 7) is 0. The van der Waals surface area contributed by atoms with Crippen LogP contribution in [0.3, 0.4) is 0 Å². The second kappa shape index (κ2) is 4.52. The average molecular weight is 737 g/mol. The van der Waals surface area contributed by atoms with Crippen molar-refractivity contribution < 1.29 is 4.42 Å². The Kier molecular flexibility index (Phi) is 1.54. The van der Waals surface area contributed by atoms with E-state index in [0.717, 1.165) is 0 Å². The topological polar surface area (TPSA) is 13.1 Å². The average Bonchev–Trinajstić information content (AvgIpc) is 4.12. The first kappa shape index (κ1) is 20.8. The fourth-order valence-electron chi connectivity index (χ4n) is 22.2. The lowest BCUT2D eigenvalue weighted by molar-refractivity contribution is 0.671. The molecule has 0 N–H and O–H groups in total. The number of rotatable bonds is 0. The van der Waals surface area contributed by atoms with E-state index in [1.54, 1.807) is 291 Å². The molecule has 0 spiro atoms. The Morgan fingerprint density at radius 2 is 0.148 bits per heavy atom. The molecule has 0 aliphatic carbocycles. The maximum Gasteiger partial charge on any atom is 0.144 e. The molecule has 0 saturated carbocycles. The quantitative estimate of drug-likeness (QED) is 0.112. The Morgan fingerprint density at radius 1 is 0.0820 bits per heavy atom. The highest BCUT2D eigenvalue weighted by molar-refractivity contribution is 6.84. The molecule has 31 aromatic rings. The van der Waals surface area contributed by atoms with E-state index in [1.807, 2.05) is 0 Å². The van der Waals surface area contributed by atoms with Crippen molar-refractivity contribution in [3.05, 3.63) is 0 Å². The van der Waals surface area contributed by atoms with Gasteiger partial charge in [0.05, 0.1) is 0 Å². The van der Waals surface area contributed by atoms with Crippen LogP contribution in [-0.4, -0.2) is 0 Å². The molecule has 0 radical (unpaired) electrons. The summed E-state index contributed by atoms with van der Waals surface area (Å²) < 4.78 is 8.03. The van der Waals surface area contributed by atoms with Gasteiger partial charge >= 0.3 is 0 Å². The second-order valence-corrected chi connectivity index (χ2v) is 22.5. The minimum absolute atomic E-state index is 1.21. The first-order valence-electron chi connectivity index (χ1n) is 22.7. The van der Waals surface area contributed by atoms with Crippen molar-refractivity contribution in [3.63, 3.8) is 0 Å².